The van der Waals surface area contributed by atoms with Crippen LogP contribution in [0.5, 0.6) is 0 Å². The Morgan fingerprint density at radius 2 is 2.20 bits per heavy atom. The van der Waals surface area contributed by atoms with Crippen molar-refractivity contribution in [2.45, 2.75) is 30.4 Å². The van der Waals surface area contributed by atoms with E-state index in [-0.39, 0.29) is 29.4 Å². The SMILES string of the molecule is CC1(NS(=O)(=O)c2cc(CO)sc2Br)CCS(=O)(=O)C1. The monoisotopic (exact) mass is 403 g/mol. The number of hydrogen-bond donors (Lipinski definition) is 2. The molecule has 0 bridgehead atoms. The lowest BCUT2D eigenvalue weighted by molar-refractivity contribution is 0.285. The number of halogens is 1. The average molecular weight is 404 g/mol. The molecule has 2 heterocycles. The van der Waals surface area contributed by atoms with E-state index in [1.165, 1.54) is 6.07 Å². The summed E-state index contributed by atoms with van der Waals surface area (Å²) in [6, 6.07) is 1.38. The standard InChI is InChI=1S/C10H14BrNO5S3/c1-10(2-3-19(14,15)6-10)12-20(16,17)8-4-7(5-13)18-9(8)11/h4,12-13H,2-3,5-6H2,1H3. The molecule has 114 valence electrons. The fourth-order valence-electron chi connectivity index (χ4n) is 2.13. The van der Waals surface area contributed by atoms with Gasteiger partial charge in [0.15, 0.2) is 9.84 Å². The van der Waals surface area contributed by atoms with Crippen LogP contribution < -0.4 is 4.72 Å². The van der Waals surface area contributed by atoms with Crippen LogP contribution in [0.15, 0.2) is 14.7 Å². The molecular formula is C10H14BrNO5S3. The van der Waals surface area contributed by atoms with E-state index in [1.54, 1.807) is 6.92 Å². The van der Waals surface area contributed by atoms with Gasteiger partial charge in [-0.2, -0.15) is 0 Å². The molecule has 1 fully saturated rings. The molecule has 0 radical (unpaired) electrons. The molecule has 1 aromatic rings. The fourth-order valence-corrected chi connectivity index (χ4v) is 8.29. The number of thiophene rings is 1. The summed E-state index contributed by atoms with van der Waals surface area (Å²) in [6.45, 7) is 1.34. The Bertz CT molecular complexity index is 724. The molecule has 1 unspecified atom stereocenters. The second kappa shape index (κ2) is 5.33. The first-order valence-corrected chi connectivity index (χ1v) is 10.6. The molecular weight excluding hydrogens is 390 g/mol. The van der Waals surface area contributed by atoms with Crippen molar-refractivity contribution < 1.29 is 21.9 Å². The molecule has 1 atom stereocenters. The minimum absolute atomic E-state index is 0.0152. The maximum Gasteiger partial charge on any atom is 0.243 e. The molecule has 0 amide bonds. The van der Waals surface area contributed by atoms with Gasteiger partial charge in [-0.15, -0.1) is 11.3 Å². The normalized spacial score (nSPS) is 25.9. The Balaban J connectivity index is 2.30. The van der Waals surface area contributed by atoms with Gasteiger partial charge in [-0.1, -0.05) is 0 Å². The average Bonchev–Trinajstić information content (AvgIpc) is 2.79. The molecule has 1 saturated heterocycles. The van der Waals surface area contributed by atoms with Crippen molar-refractivity contribution in [1.29, 1.82) is 0 Å². The van der Waals surface area contributed by atoms with Crippen LogP contribution in [0.25, 0.3) is 0 Å². The summed E-state index contributed by atoms with van der Waals surface area (Å²) < 4.78 is 50.6. The number of rotatable bonds is 4. The first kappa shape index (κ1) is 16.4. The van der Waals surface area contributed by atoms with Gasteiger partial charge in [-0.05, 0) is 35.3 Å². The van der Waals surface area contributed by atoms with Gasteiger partial charge >= 0.3 is 0 Å². The van der Waals surface area contributed by atoms with E-state index in [0.29, 0.717) is 8.66 Å². The number of aliphatic hydroxyl groups excluding tert-OH is 1. The molecule has 1 aliphatic heterocycles. The van der Waals surface area contributed by atoms with Crippen molar-refractivity contribution in [3.05, 3.63) is 14.7 Å². The van der Waals surface area contributed by atoms with Crippen LogP contribution in [-0.2, 0) is 26.5 Å². The summed E-state index contributed by atoms with van der Waals surface area (Å²) >= 11 is 4.28. The van der Waals surface area contributed by atoms with E-state index < -0.39 is 25.4 Å². The van der Waals surface area contributed by atoms with Gasteiger partial charge in [0.25, 0.3) is 0 Å². The van der Waals surface area contributed by atoms with Crippen molar-refractivity contribution in [2.24, 2.45) is 0 Å². The zero-order chi connectivity index (χ0) is 15.2. The summed E-state index contributed by atoms with van der Waals surface area (Å²) in [5.41, 5.74) is -0.988. The Morgan fingerprint density at radius 3 is 2.65 bits per heavy atom. The van der Waals surface area contributed by atoms with Gasteiger partial charge < -0.3 is 5.11 Å². The minimum Gasteiger partial charge on any atom is -0.391 e. The van der Waals surface area contributed by atoms with Crippen molar-refractivity contribution >= 4 is 47.1 Å². The highest BCUT2D eigenvalue weighted by atomic mass is 79.9. The fraction of sp³-hybridized carbons (Fsp3) is 0.600. The minimum atomic E-state index is -3.83. The van der Waals surface area contributed by atoms with Crippen LogP contribution in [0, 0.1) is 0 Å². The Labute approximate surface area is 130 Å². The lowest BCUT2D eigenvalue weighted by Crippen LogP contribution is -2.46. The topological polar surface area (TPSA) is 101 Å². The molecule has 0 aromatic carbocycles. The molecule has 2 rings (SSSR count). The van der Waals surface area contributed by atoms with Gasteiger partial charge in [0, 0.05) is 10.4 Å². The zero-order valence-electron chi connectivity index (χ0n) is 10.6. The van der Waals surface area contributed by atoms with E-state index >= 15 is 0 Å². The van der Waals surface area contributed by atoms with Crippen molar-refractivity contribution in [3.8, 4) is 0 Å². The predicted octanol–water partition coefficient (Wildman–Crippen LogP) is 0.858. The largest absolute Gasteiger partial charge is 0.391 e. The van der Waals surface area contributed by atoms with E-state index in [9.17, 15) is 16.8 Å². The van der Waals surface area contributed by atoms with Crippen molar-refractivity contribution in [1.82, 2.24) is 4.72 Å². The lowest BCUT2D eigenvalue weighted by Gasteiger charge is -2.23. The maximum atomic E-state index is 12.3. The van der Waals surface area contributed by atoms with Crippen LogP contribution >= 0.6 is 27.3 Å². The third-order valence-corrected chi connectivity index (χ3v) is 8.81. The van der Waals surface area contributed by atoms with Crippen LogP contribution in [0.2, 0.25) is 0 Å². The predicted molar refractivity (Wildman–Crippen MR) is 79.9 cm³/mol. The molecule has 0 spiro atoms. The Kier molecular flexibility index (Phi) is 4.36. The molecule has 20 heavy (non-hydrogen) atoms. The molecule has 2 N–H and O–H groups in total. The zero-order valence-corrected chi connectivity index (χ0v) is 14.6. The lowest BCUT2D eigenvalue weighted by atomic mass is 10.0. The van der Waals surface area contributed by atoms with Gasteiger partial charge in [-0.3, -0.25) is 0 Å². The van der Waals surface area contributed by atoms with Crippen molar-refractivity contribution in [2.75, 3.05) is 11.5 Å². The second-order valence-corrected chi connectivity index (χ2v) is 11.3. The summed E-state index contributed by atoms with van der Waals surface area (Å²) in [5, 5.41) is 9.04. The number of sulfone groups is 1. The van der Waals surface area contributed by atoms with E-state index in [2.05, 4.69) is 20.7 Å². The van der Waals surface area contributed by atoms with E-state index in [0.717, 1.165) is 11.3 Å². The number of nitrogens with one attached hydrogen (secondary N) is 1. The highest BCUT2D eigenvalue weighted by molar-refractivity contribution is 9.11. The summed E-state index contributed by atoms with van der Waals surface area (Å²) in [5.74, 6) is -0.216. The van der Waals surface area contributed by atoms with Crippen LogP contribution in [0.3, 0.4) is 0 Å². The molecule has 1 aromatic heterocycles. The Hall–Kier alpha value is -0.000000000000000111. The summed E-state index contributed by atoms with van der Waals surface area (Å²) in [6.07, 6.45) is 0.253. The quantitative estimate of drug-likeness (QED) is 0.775. The van der Waals surface area contributed by atoms with Crippen molar-refractivity contribution in [3.63, 3.8) is 0 Å². The molecule has 0 saturated carbocycles. The number of aliphatic hydroxyl groups is 1. The molecule has 10 heteroatoms. The smallest absolute Gasteiger partial charge is 0.243 e. The van der Waals surface area contributed by atoms with Crippen LogP contribution in [-0.4, -0.2) is 39.0 Å². The van der Waals surface area contributed by atoms with Crippen LogP contribution in [0.1, 0.15) is 18.2 Å². The first-order valence-electron chi connectivity index (χ1n) is 5.70. The first-order chi connectivity index (χ1) is 9.07. The van der Waals surface area contributed by atoms with Gasteiger partial charge in [0.1, 0.15) is 4.90 Å². The highest BCUT2D eigenvalue weighted by Crippen LogP contribution is 2.33. The number of sulfonamides is 1. The third kappa shape index (κ3) is 3.42. The van der Waals surface area contributed by atoms with Crippen LogP contribution in [0.4, 0.5) is 0 Å². The summed E-state index contributed by atoms with van der Waals surface area (Å²) in [4.78, 5) is 0.540. The second-order valence-electron chi connectivity index (χ2n) is 5.02. The maximum absolute atomic E-state index is 12.3. The van der Waals surface area contributed by atoms with Gasteiger partial charge in [-0.25, -0.2) is 21.6 Å². The van der Waals surface area contributed by atoms with E-state index in [4.69, 9.17) is 5.11 Å². The molecule has 6 nitrogen and oxygen atoms in total. The van der Waals surface area contributed by atoms with Gasteiger partial charge in [0.2, 0.25) is 10.0 Å². The summed E-state index contributed by atoms with van der Waals surface area (Å²) in [7, 11) is -7.03. The molecule has 0 aliphatic carbocycles. The van der Waals surface area contributed by atoms with Gasteiger partial charge in [0.05, 0.1) is 21.9 Å². The third-order valence-electron chi connectivity index (χ3n) is 3.04. The number of hydrogen-bond acceptors (Lipinski definition) is 6. The molecule has 1 aliphatic rings. The van der Waals surface area contributed by atoms with E-state index in [1.807, 2.05) is 0 Å². The highest BCUT2D eigenvalue weighted by Gasteiger charge is 2.41. The Morgan fingerprint density at radius 1 is 1.55 bits per heavy atom.